The van der Waals surface area contributed by atoms with Crippen LogP contribution in [0, 0.1) is 29.6 Å². The first-order valence-corrected chi connectivity index (χ1v) is 8.59. The van der Waals surface area contributed by atoms with Gasteiger partial charge in [0.05, 0.1) is 5.92 Å². The predicted molar refractivity (Wildman–Crippen MR) is 79.7 cm³/mol. The molecule has 0 aromatic heterocycles. The monoisotopic (exact) mass is 293 g/mol. The van der Waals surface area contributed by atoms with Crippen LogP contribution in [0.15, 0.2) is 0 Å². The van der Waals surface area contributed by atoms with Crippen LogP contribution >= 0.6 is 0 Å². The Kier molecular flexibility index (Phi) is 4.23. The molecule has 2 aliphatic carbocycles. The van der Waals surface area contributed by atoms with Gasteiger partial charge in [-0.25, -0.2) is 0 Å². The highest BCUT2D eigenvalue weighted by molar-refractivity contribution is 5.82. The van der Waals surface area contributed by atoms with E-state index in [9.17, 15) is 9.59 Å². The highest BCUT2D eigenvalue weighted by atomic mass is 16.4. The number of amides is 1. The van der Waals surface area contributed by atoms with Crippen LogP contribution in [0.2, 0.25) is 0 Å². The molecule has 4 atom stereocenters. The first-order chi connectivity index (χ1) is 10.1. The predicted octanol–water partition coefficient (Wildman–Crippen LogP) is 2.77. The van der Waals surface area contributed by atoms with Gasteiger partial charge in [-0.2, -0.15) is 0 Å². The van der Waals surface area contributed by atoms with Gasteiger partial charge in [0.25, 0.3) is 0 Å². The first-order valence-electron chi connectivity index (χ1n) is 8.59. The number of carboxylic acids is 1. The second kappa shape index (κ2) is 5.98. The molecule has 4 nitrogen and oxygen atoms in total. The van der Waals surface area contributed by atoms with Crippen molar-refractivity contribution < 1.29 is 14.7 Å². The Morgan fingerprint density at radius 1 is 1.05 bits per heavy atom. The molecule has 1 aliphatic heterocycles. The Bertz CT molecular complexity index is 416. The molecule has 1 heterocycles. The molecule has 118 valence electrons. The van der Waals surface area contributed by atoms with Gasteiger partial charge in [-0.05, 0) is 30.6 Å². The zero-order valence-electron chi connectivity index (χ0n) is 13.0. The zero-order valence-corrected chi connectivity index (χ0v) is 13.0. The number of carboxylic acid groups (broad SMARTS) is 1. The summed E-state index contributed by atoms with van der Waals surface area (Å²) in [5.74, 6) is 1.06. The maximum atomic E-state index is 12.6. The van der Waals surface area contributed by atoms with E-state index in [0.717, 1.165) is 12.3 Å². The molecular weight excluding hydrogens is 266 g/mol. The van der Waals surface area contributed by atoms with E-state index in [-0.39, 0.29) is 17.8 Å². The molecule has 1 N–H and O–H groups in total. The summed E-state index contributed by atoms with van der Waals surface area (Å²) in [6, 6.07) is 0. The van der Waals surface area contributed by atoms with Crippen molar-refractivity contribution in [1.29, 1.82) is 0 Å². The van der Waals surface area contributed by atoms with Crippen LogP contribution in [-0.4, -0.2) is 35.0 Å². The number of hydrogen-bond acceptors (Lipinski definition) is 2. The summed E-state index contributed by atoms with van der Waals surface area (Å²) < 4.78 is 0. The molecule has 3 rings (SSSR count). The van der Waals surface area contributed by atoms with Gasteiger partial charge >= 0.3 is 5.97 Å². The third kappa shape index (κ3) is 3.09. The molecule has 1 saturated heterocycles. The van der Waals surface area contributed by atoms with Crippen molar-refractivity contribution in [3.63, 3.8) is 0 Å². The van der Waals surface area contributed by atoms with Crippen molar-refractivity contribution >= 4 is 11.9 Å². The van der Waals surface area contributed by atoms with Gasteiger partial charge in [-0.3, -0.25) is 9.59 Å². The SMILES string of the molecule is CC1CN(C(=O)C2CC2C2CCCCC2)CCC1C(=O)O. The van der Waals surface area contributed by atoms with Crippen molar-refractivity contribution in [1.82, 2.24) is 4.90 Å². The maximum Gasteiger partial charge on any atom is 0.306 e. The number of piperidine rings is 1. The Morgan fingerprint density at radius 2 is 1.76 bits per heavy atom. The second-order valence-corrected chi connectivity index (χ2v) is 7.40. The van der Waals surface area contributed by atoms with E-state index in [1.807, 2.05) is 11.8 Å². The van der Waals surface area contributed by atoms with Crippen LogP contribution < -0.4 is 0 Å². The number of carbonyl (C=O) groups excluding carboxylic acids is 1. The standard InChI is InChI=1S/C17H27NO3/c1-11-10-18(8-7-13(11)17(20)21)16(19)15-9-14(15)12-5-3-2-4-6-12/h11-15H,2-10H2,1H3,(H,20,21). The van der Waals surface area contributed by atoms with E-state index in [0.29, 0.717) is 31.3 Å². The molecule has 3 fully saturated rings. The lowest BCUT2D eigenvalue weighted by Crippen LogP contribution is -2.45. The number of carbonyl (C=O) groups is 2. The van der Waals surface area contributed by atoms with E-state index < -0.39 is 5.97 Å². The zero-order chi connectivity index (χ0) is 15.0. The summed E-state index contributed by atoms with van der Waals surface area (Å²) in [7, 11) is 0. The molecule has 0 aromatic rings. The van der Waals surface area contributed by atoms with Crippen molar-refractivity contribution in [3.05, 3.63) is 0 Å². The summed E-state index contributed by atoms with van der Waals surface area (Å²) >= 11 is 0. The number of nitrogens with zero attached hydrogens (tertiary/aromatic N) is 1. The Morgan fingerprint density at radius 3 is 2.38 bits per heavy atom. The number of hydrogen-bond donors (Lipinski definition) is 1. The lowest BCUT2D eigenvalue weighted by atomic mass is 9.84. The summed E-state index contributed by atoms with van der Waals surface area (Å²) in [6.07, 6.45) is 8.35. The minimum Gasteiger partial charge on any atom is -0.481 e. The van der Waals surface area contributed by atoms with E-state index in [1.165, 1.54) is 32.1 Å². The van der Waals surface area contributed by atoms with Gasteiger partial charge in [-0.15, -0.1) is 0 Å². The molecule has 2 saturated carbocycles. The average Bonchev–Trinajstić information content (AvgIpc) is 3.27. The summed E-state index contributed by atoms with van der Waals surface area (Å²) in [5.41, 5.74) is 0. The highest BCUT2D eigenvalue weighted by Crippen LogP contribution is 2.50. The van der Waals surface area contributed by atoms with E-state index in [1.54, 1.807) is 0 Å². The third-order valence-electron chi connectivity index (χ3n) is 5.95. The summed E-state index contributed by atoms with van der Waals surface area (Å²) in [5, 5.41) is 9.16. The van der Waals surface area contributed by atoms with Crippen molar-refractivity contribution in [2.24, 2.45) is 29.6 Å². The largest absolute Gasteiger partial charge is 0.481 e. The molecule has 4 heteroatoms. The molecule has 3 aliphatic rings. The first kappa shape index (κ1) is 14.9. The lowest BCUT2D eigenvalue weighted by Gasteiger charge is -2.35. The topological polar surface area (TPSA) is 57.6 Å². The average molecular weight is 293 g/mol. The Hall–Kier alpha value is -1.06. The molecule has 0 bridgehead atoms. The van der Waals surface area contributed by atoms with Crippen molar-refractivity contribution in [2.45, 2.75) is 51.9 Å². The van der Waals surface area contributed by atoms with Gasteiger partial charge in [0.2, 0.25) is 5.91 Å². The lowest BCUT2D eigenvalue weighted by molar-refractivity contribution is -0.148. The van der Waals surface area contributed by atoms with Gasteiger partial charge in [0.15, 0.2) is 0 Å². The van der Waals surface area contributed by atoms with Gasteiger partial charge in [0, 0.05) is 19.0 Å². The quantitative estimate of drug-likeness (QED) is 0.870. The van der Waals surface area contributed by atoms with E-state index in [4.69, 9.17) is 5.11 Å². The minimum atomic E-state index is -0.707. The van der Waals surface area contributed by atoms with E-state index in [2.05, 4.69) is 0 Å². The van der Waals surface area contributed by atoms with Crippen LogP contribution in [0.1, 0.15) is 51.9 Å². The Balaban J connectivity index is 1.52. The van der Waals surface area contributed by atoms with E-state index >= 15 is 0 Å². The minimum absolute atomic E-state index is 0.0760. The smallest absolute Gasteiger partial charge is 0.306 e. The van der Waals surface area contributed by atoms with Crippen LogP contribution in [-0.2, 0) is 9.59 Å². The normalized spacial score (nSPS) is 37.3. The number of rotatable bonds is 3. The molecule has 21 heavy (non-hydrogen) atoms. The van der Waals surface area contributed by atoms with Crippen molar-refractivity contribution in [2.75, 3.05) is 13.1 Å². The molecule has 0 aromatic carbocycles. The van der Waals surface area contributed by atoms with Gasteiger partial charge < -0.3 is 10.0 Å². The molecule has 0 radical (unpaired) electrons. The van der Waals surface area contributed by atoms with Crippen LogP contribution in [0.3, 0.4) is 0 Å². The third-order valence-corrected chi connectivity index (χ3v) is 5.95. The molecule has 1 amide bonds. The fourth-order valence-electron chi connectivity index (χ4n) is 4.53. The van der Waals surface area contributed by atoms with Gasteiger partial charge in [-0.1, -0.05) is 39.0 Å². The molecule has 0 spiro atoms. The Labute approximate surface area is 126 Å². The summed E-state index contributed by atoms with van der Waals surface area (Å²) in [6.45, 7) is 3.22. The van der Waals surface area contributed by atoms with Crippen LogP contribution in [0.5, 0.6) is 0 Å². The summed E-state index contributed by atoms with van der Waals surface area (Å²) in [4.78, 5) is 25.7. The van der Waals surface area contributed by atoms with Crippen LogP contribution in [0.25, 0.3) is 0 Å². The van der Waals surface area contributed by atoms with Crippen molar-refractivity contribution in [3.8, 4) is 0 Å². The molecule has 4 unspecified atom stereocenters. The fourth-order valence-corrected chi connectivity index (χ4v) is 4.53. The van der Waals surface area contributed by atoms with Crippen LogP contribution in [0.4, 0.5) is 0 Å². The maximum absolute atomic E-state index is 12.6. The number of aliphatic carboxylic acids is 1. The fraction of sp³-hybridized carbons (Fsp3) is 0.882. The molecular formula is C17H27NO3. The van der Waals surface area contributed by atoms with Gasteiger partial charge in [0.1, 0.15) is 0 Å². The highest BCUT2D eigenvalue weighted by Gasteiger charge is 2.49. The number of likely N-dealkylation sites (tertiary alicyclic amines) is 1. The second-order valence-electron chi connectivity index (χ2n) is 7.40.